The molecule has 1 unspecified atom stereocenters. The summed E-state index contributed by atoms with van der Waals surface area (Å²) >= 11 is 0. The zero-order valence-corrected chi connectivity index (χ0v) is 19.1. The second-order valence-corrected chi connectivity index (χ2v) is 9.39. The second kappa shape index (κ2) is 10.2. The first-order valence-corrected chi connectivity index (χ1v) is 11.6. The molecule has 1 fully saturated rings. The number of benzene rings is 2. The number of nitrogens with zero attached hydrogens (tertiary/aromatic N) is 2. The number of ether oxygens (including phenoxy) is 2. The van der Waals surface area contributed by atoms with Crippen LogP contribution in [0.25, 0.3) is 0 Å². The third-order valence-electron chi connectivity index (χ3n) is 5.10. The standard InChI is InChI=1S/C21H22FN3O8S/c1-13-3-5-16(34(30,31)24-7-9-32-10-8-24)12-17(13)21(27)33-14(2)20(26)23-15-4-6-18(22)19(11-15)25(28)29/h3-6,11-12,14H,7-10H2,1-2H3,(H,23,26). The lowest BCUT2D eigenvalue weighted by molar-refractivity contribution is -0.387. The van der Waals surface area contributed by atoms with Gasteiger partial charge in [-0.3, -0.25) is 14.9 Å². The van der Waals surface area contributed by atoms with E-state index in [4.69, 9.17) is 9.47 Å². The van der Waals surface area contributed by atoms with Crippen LogP contribution in [0.1, 0.15) is 22.8 Å². The van der Waals surface area contributed by atoms with Crippen molar-refractivity contribution in [2.45, 2.75) is 24.8 Å². The Balaban J connectivity index is 1.73. The van der Waals surface area contributed by atoms with E-state index in [-0.39, 0.29) is 42.4 Å². The number of amides is 1. The normalized spacial score (nSPS) is 15.4. The molecule has 1 atom stereocenters. The van der Waals surface area contributed by atoms with E-state index in [0.717, 1.165) is 18.2 Å². The Morgan fingerprint density at radius 3 is 2.53 bits per heavy atom. The van der Waals surface area contributed by atoms with Crippen LogP contribution in [0.5, 0.6) is 0 Å². The number of nitro benzene ring substituents is 1. The molecule has 0 aliphatic carbocycles. The number of carbonyl (C=O) groups is 2. The smallest absolute Gasteiger partial charge is 0.339 e. The van der Waals surface area contributed by atoms with E-state index >= 15 is 0 Å². The first-order chi connectivity index (χ1) is 16.0. The molecule has 0 bridgehead atoms. The summed E-state index contributed by atoms with van der Waals surface area (Å²) in [5.74, 6) is -2.81. The fraction of sp³-hybridized carbons (Fsp3) is 0.333. The van der Waals surface area contributed by atoms with Gasteiger partial charge in [0.2, 0.25) is 15.8 Å². The van der Waals surface area contributed by atoms with Gasteiger partial charge in [0.05, 0.1) is 28.6 Å². The molecule has 3 rings (SSSR count). The molecule has 182 valence electrons. The molecule has 0 spiro atoms. The van der Waals surface area contributed by atoms with E-state index in [1.165, 1.54) is 29.4 Å². The Bertz CT molecular complexity index is 1230. The maximum Gasteiger partial charge on any atom is 0.339 e. The van der Waals surface area contributed by atoms with E-state index in [1.54, 1.807) is 6.92 Å². The first kappa shape index (κ1) is 25.2. The molecule has 1 aliphatic rings. The van der Waals surface area contributed by atoms with Crippen LogP contribution >= 0.6 is 0 Å². The van der Waals surface area contributed by atoms with Crippen LogP contribution in [0.3, 0.4) is 0 Å². The molecule has 1 heterocycles. The fourth-order valence-corrected chi connectivity index (χ4v) is 4.60. The Hall–Kier alpha value is -3.42. The number of morpholine rings is 1. The summed E-state index contributed by atoms with van der Waals surface area (Å²) < 4.78 is 50.9. The molecule has 0 radical (unpaired) electrons. The highest BCUT2D eigenvalue weighted by Gasteiger charge is 2.28. The van der Waals surface area contributed by atoms with Gasteiger partial charge in [0.1, 0.15) is 0 Å². The Morgan fingerprint density at radius 2 is 1.88 bits per heavy atom. The van der Waals surface area contributed by atoms with Crippen LogP contribution in [0.4, 0.5) is 15.8 Å². The summed E-state index contributed by atoms with van der Waals surface area (Å²) in [7, 11) is -3.85. The maximum absolute atomic E-state index is 13.5. The van der Waals surface area contributed by atoms with E-state index in [2.05, 4.69) is 5.32 Å². The minimum Gasteiger partial charge on any atom is -0.449 e. The molecule has 11 nitrogen and oxygen atoms in total. The van der Waals surface area contributed by atoms with Crippen molar-refractivity contribution in [3.05, 3.63) is 63.5 Å². The van der Waals surface area contributed by atoms with Gasteiger partial charge in [0.15, 0.2) is 6.10 Å². The Morgan fingerprint density at radius 1 is 1.21 bits per heavy atom. The topological polar surface area (TPSA) is 145 Å². The number of anilines is 1. The number of rotatable bonds is 7. The summed E-state index contributed by atoms with van der Waals surface area (Å²) in [5, 5.41) is 13.2. The number of nitro groups is 1. The maximum atomic E-state index is 13.5. The van der Waals surface area contributed by atoms with Crippen molar-refractivity contribution >= 4 is 33.3 Å². The van der Waals surface area contributed by atoms with Crippen LogP contribution in [-0.4, -0.2) is 61.9 Å². The van der Waals surface area contributed by atoms with Crippen LogP contribution in [-0.2, 0) is 24.3 Å². The number of sulfonamides is 1. The van der Waals surface area contributed by atoms with Crippen molar-refractivity contribution in [3.8, 4) is 0 Å². The van der Waals surface area contributed by atoms with Crippen LogP contribution < -0.4 is 5.32 Å². The summed E-state index contributed by atoms with van der Waals surface area (Å²) in [6, 6.07) is 6.83. The van der Waals surface area contributed by atoms with Crippen LogP contribution in [0, 0.1) is 22.9 Å². The van der Waals surface area contributed by atoms with Gasteiger partial charge in [-0.1, -0.05) is 6.07 Å². The van der Waals surface area contributed by atoms with Gasteiger partial charge in [0.25, 0.3) is 5.91 Å². The van der Waals surface area contributed by atoms with E-state index in [1.807, 2.05) is 0 Å². The summed E-state index contributed by atoms with van der Waals surface area (Å²) in [6.45, 7) is 3.77. The zero-order chi connectivity index (χ0) is 25.0. The van der Waals surface area contributed by atoms with Crippen molar-refractivity contribution in [2.24, 2.45) is 0 Å². The monoisotopic (exact) mass is 495 g/mol. The minimum absolute atomic E-state index is 0.0357. The SMILES string of the molecule is Cc1ccc(S(=O)(=O)N2CCOCC2)cc1C(=O)OC(C)C(=O)Nc1ccc(F)c([N+](=O)[O-])c1. The number of halogens is 1. The quantitative estimate of drug-likeness (QED) is 0.350. The predicted molar refractivity (Wildman–Crippen MR) is 117 cm³/mol. The van der Waals surface area contributed by atoms with Gasteiger partial charge in [-0.2, -0.15) is 8.70 Å². The Kier molecular flexibility index (Phi) is 7.59. The number of carbonyl (C=O) groups excluding carboxylic acids is 2. The number of esters is 1. The zero-order valence-electron chi connectivity index (χ0n) is 18.3. The van der Waals surface area contributed by atoms with E-state index in [0.29, 0.717) is 5.56 Å². The molecule has 0 aromatic heterocycles. The molecule has 2 aromatic rings. The largest absolute Gasteiger partial charge is 0.449 e. The predicted octanol–water partition coefficient (Wildman–Crippen LogP) is 2.25. The highest BCUT2D eigenvalue weighted by Crippen LogP contribution is 2.23. The van der Waals surface area contributed by atoms with Crippen molar-refractivity contribution in [2.75, 3.05) is 31.6 Å². The first-order valence-electron chi connectivity index (χ1n) is 10.1. The summed E-state index contributed by atoms with van der Waals surface area (Å²) in [4.78, 5) is 34.9. The number of hydrogen-bond acceptors (Lipinski definition) is 8. The highest BCUT2D eigenvalue weighted by molar-refractivity contribution is 7.89. The lowest BCUT2D eigenvalue weighted by Gasteiger charge is -2.26. The molecule has 0 saturated carbocycles. The molecule has 1 N–H and O–H groups in total. The average molecular weight is 495 g/mol. The van der Waals surface area contributed by atoms with Gasteiger partial charge in [-0.15, -0.1) is 0 Å². The average Bonchev–Trinajstić information content (AvgIpc) is 2.80. The number of nitrogens with one attached hydrogen (secondary N) is 1. The lowest BCUT2D eigenvalue weighted by atomic mass is 10.1. The van der Waals surface area contributed by atoms with Crippen molar-refractivity contribution in [1.29, 1.82) is 0 Å². The molecule has 34 heavy (non-hydrogen) atoms. The van der Waals surface area contributed by atoms with Gasteiger partial charge in [-0.25, -0.2) is 13.2 Å². The molecule has 1 aliphatic heterocycles. The molecule has 2 aromatic carbocycles. The highest BCUT2D eigenvalue weighted by atomic mass is 32.2. The number of hydrogen-bond donors (Lipinski definition) is 1. The summed E-state index contributed by atoms with van der Waals surface area (Å²) in [5.41, 5.74) is -0.480. The minimum atomic E-state index is -3.85. The summed E-state index contributed by atoms with van der Waals surface area (Å²) in [6.07, 6.45) is -1.34. The third-order valence-corrected chi connectivity index (χ3v) is 6.99. The van der Waals surface area contributed by atoms with E-state index in [9.17, 15) is 32.5 Å². The fourth-order valence-electron chi connectivity index (χ4n) is 3.17. The van der Waals surface area contributed by atoms with Crippen LogP contribution in [0.15, 0.2) is 41.3 Å². The van der Waals surface area contributed by atoms with Gasteiger partial charge in [-0.05, 0) is 43.7 Å². The second-order valence-electron chi connectivity index (χ2n) is 7.45. The molecular formula is C21H22FN3O8S. The van der Waals surface area contributed by atoms with Gasteiger partial charge >= 0.3 is 11.7 Å². The molecule has 1 amide bonds. The van der Waals surface area contributed by atoms with Crippen LogP contribution in [0.2, 0.25) is 0 Å². The van der Waals surface area contributed by atoms with Crippen molar-refractivity contribution in [1.82, 2.24) is 4.31 Å². The third kappa shape index (κ3) is 5.55. The van der Waals surface area contributed by atoms with Crippen molar-refractivity contribution < 1.29 is 36.8 Å². The Labute approximate surface area is 194 Å². The molecule has 1 saturated heterocycles. The molecule has 13 heteroatoms. The van der Waals surface area contributed by atoms with Gasteiger partial charge in [0, 0.05) is 24.8 Å². The van der Waals surface area contributed by atoms with E-state index < -0.39 is 44.4 Å². The van der Waals surface area contributed by atoms with Crippen molar-refractivity contribution in [3.63, 3.8) is 0 Å². The lowest BCUT2D eigenvalue weighted by Crippen LogP contribution is -2.40. The molecular weight excluding hydrogens is 473 g/mol. The number of aryl methyl sites for hydroxylation is 1. The van der Waals surface area contributed by atoms with Gasteiger partial charge < -0.3 is 14.8 Å².